The summed E-state index contributed by atoms with van der Waals surface area (Å²) in [6, 6.07) is 7.45. The van der Waals surface area contributed by atoms with Gasteiger partial charge < -0.3 is 15.8 Å². The van der Waals surface area contributed by atoms with E-state index < -0.39 is 0 Å². The fraction of sp³-hybridized carbons (Fsp3) is 0.111. The molecule has 1 rings (SSSR count). The molecule has 0 heterocycles. The van der Waals surface area contributed by atoms with E-state index >= 15 is 0 Å². The Kier molecular flexibility index (Phi) is 2.58. The molecular weight excluding hydrogens is 152 g/mol. The number of nitrogens with one attached hydrogen (secondary N) is 1. The first-order valence-corrected chi connectivity index (χ1v) is 3.58. The Bertz CT molecular complexity index is 266. The highest BCUT2D eigenvalue weighted by molar-refractivity contribution is 5.49. The number of nitrogens with two attached hydrogens (primary N) is 1. The molecule has 3 nitrogen and oxygen atoms in total. The number of hydrogen-bond donors (Lipinski definition) is 2. The van der Waals surface area contributed by atoms with Gasteiger partial charge in [0.05, 0.1) is 12.9 Å². The van der Waals surface area contributed by atoms with E-state index in [0.717, 1.165) is 11.4 Å². The minimum absolute atomic E-state index is 0.431. The average Bonchev–Trinajstić information content (AvgIpc) is 2.05. The molecule has 12 heavy (non-hydrogen) atoms. The van der Waals surface area contributed by atoms with E-state index in [-0.39, 0.29) is 0 Å². The number of methoxy groups -OCH3 is 1. The summed E-state index contributed by atoms with van der Waals surface area (Å²) in [5, 5.41) is 2.88. The Labute approximate surface area is 71.8 Å². The predicted octanol–water partition coefficient (Wildman–Crippen LogP) is 1.54. The fourth-order valence-corrected chi connectivity index (χ4v) is 0.860. The molecule has 0 amide bonds. The molecule has 0 unspecified atom stereocenters. The van der Waals surface area contributed by atoms with Crippen molar-refractivity contribution in [3.63, 3.8) is 0 Å². The molecule has 0 saturated heterocycles. The molecule has 0 aromatic heterocycles. The lowest BCUT2D eigenvalue weighted by Crippen LogP contribution is -2.06. The number of ether oxygens (including phenoxy) is 1. The van der Waals surface area contributed by atoms with Crippen LogP contribution in [-0.2, 0) is 0 Å². The summed E-state index contributed by atoms with van der Waals surface area (Å²) in [5.41, 5.74) is 6.26. The molecule has 0 bridgehead atoms. The summed E-state index contributed by atoms with van der Waals surface area (Å²) in [4.78, 5) is 0. The molecule has 1 aromatic rings. The monoisotopic (exact) mass is 164 g/mol. The third-order valence-corrected chi connectivity index (χ3v) is 1.39. The highest BCUT2D eigenvalue weighted by Gasteiger charge is 1.92. The minimum atomic E-state index is 0.431. The third kappa shape index (κ3) is 2.20. The van der Waals surface area contributed by atoms with Crippen molar-refractivity contribution in [2.45, 2.75) is 0 Å². The second-order valence-electron chi connectivity index (χ2n) is 2.38. The Morgan fingerprint density at radius 3 is 2.42 bits per heavy atom. The normalized spacial score (nSPS) is 9.08. The van der Waals surface area contributed by atoms with Gasteiger partial charge in [-0.15, -0.1) is 0 Å². The maximum atomic E-state index is 5.36. The zero-order chi connectivity index (χ0) is 8.97. The lowest BCUT2D eigenvalue weighted by Gasteiger charge is -2.05. The summed E-state index contributed by atoms with van der Waals surface area (Å²) >= 11 is 0. The Balaban J connectivity index is 2.71. The molecule has 0 aliphatic carbocycles. The lowest BCUT2D eigenvalue weighted by molar-refractivity contribution is 0.415. The van der Waals surface area contributed by atoms with Gasteiger partial charge in [-0.05, 0) is 24.3 Å². The minimum Gasteiger partial charge on any atom is -0.497 e. The van der Waals surface area contributed by atoms with Crippen LogP contribution in [-0.4, -0.2) is 7.11 Å². The van der Waals surface area contributed by atoms with Crippen molar-refractivity contribution in [1.29, 1.82) is 0 Å². The first-order chi connectivity index (χ1) is 5.72. The van der Waals surface area contributed by atoms with E-state index in [0.29, 0.717) is 5.82 Å². The SMILES string of the molecule is C=C(N)Nc1ccc(OC)cc1. The van der Waals surface area contributed by atoms with Gasteiger partial charge in [-0.3, -0.25) is 0 Å². The van der Waals surface area contributed by atoms with E-state index in [1.54, 1.807) is 7.11 Å². The van der Waals surface area contributed by atoms with E-state index in [1.165, 1.54) is 0 Å². The molecule has 3 N–H and O–H groups in total. The zero-order valence-corrected chi connectivity index (χ0v) is 7.00. The molecule has 0 aliphatic rings. The standard InChI is InChI=1S/C9H12N2O/c1-7(10)11-8-3-5-9(12-2)6-4-8/h3-6,11H,1,10H2,2H3. The highest BCUT2D eigenvalue weighted by atomic mass is 16.5. The topological polar surface area (TPSA) is 47.3 Å². The van der Waals surface area contributed by atoms with Crippen LogP contribution in [0, 0.1) is 0 Å². The van der Waals surface area contributed by atoms with E-state index in [1.807, 2.05) is 24.3 Å². The molecule has 0 fully saturated rings. The van der Waals surface area contributed by atoms with Crippen molar-refractivity contribution in [3.8, 4) is 5.75 Å². The van der Waals surface area contributed by atoms with Crippen molar-refractivity contribution in [2.24, 2.45) is 5.73 Å². The van der Waals surface area contributed by atoms with Gasteiger partial charge in [0.2, 0.25) is 0 Å². The molecule has 1 aromatic carbocycles. The average molecular weight is 164 g/mol. The summed E-state index contributed by atoms with van der Waals surface area (Å²) in [7, 11) is 1.63. The second-order valence-corrected chi connectivity index (χ2v) is 2.38. The van der Waals surface area contributed by atoms with Crippen molar-refractivity contribution in [1.82, 2.24) is 0 Å². The molecule has 0 radical (unpaired) electrons. The van der Waals surface area contributed by atoms with Gasteiger partial charge in [0.15, 0.2) is 0 Å². The van der Waals surface area contributed by atoms with Crippen LogP contribution >= 0.6 is 0 Å². The van der Waals surface area contributed by atoms with Gasteiger partial charge in [0.25, 0.3) is 0 Å². The van der Waals surface area contributed by atoms with Crippen LogP contribution in [0.4, 0.5) is 5.69 Å². The number of benzene rings is 1. The third-order valence-electron chi connectivity index (χ3n) is 1.39. The van der Waals surface area contributed by atoms with Crippen LogP contribution in [0.1, 0.15) is 0 Å². The van der Waals surface area contributed by atoms with Crippen LogP contribution < -0.4 is 15.8 Å². The molecule has 0 spiro atoms. The second kappa shape index (κ2) is 3.67. The molecule has 0 atom stereocenters. The summed E-state index contributed by atoms with van der Waals surface area (Å²) in [6.07, 6.45) is 0. The number of anilines is 1. The van der Waals surface area contributed by atoms with Crippen LogP contribution in [0.25, 0.3) is 0 Å². The first kappa shape index (κ1) is 8.46. The summed E-state index contributed by atoms with van der Waals surface area (Å²) < 4.78 is 4.99. The Hall–Kier alpha value is -1.64. The Morgan fingerprint density at radius 1 is 1.42 bits per heavy atom. The maximum absolute atomic E-state index is 5.36. The Morgan fingerprint density at radius 2 is 2.00 bits per heavy atom. The van der Waals surface area contributed by atoms with Gasteiger partial charge in [-0.2, -0.15) is 0 Å². The molecular formula is C9H12N2O. The van der Waals surface area contributed by atoms with E-state index in [9.17, 15) is 0 Å². The van der Waals surface area contributed by atoms with Crippen LogP contribution in [0.2, 0.25) is 0 Å². The van der Waals surface area contributed by atoms with Crippen molar-refractivity contribution in [3.05, 3.63) is 36.7 Å². The van der Waals surface area contributed by atoms with Gasteiger partial charge in [0.1, 0.15) is 5.75 Å². The number of hydrogen-bond acceptors (Lipinski definition) is 3. The van der Waals surface area contributed by atoms with Crippen LogP contribution in [0.15, 0.2) is 36.7 Å². The van der Waals surface area contributed by atoms with Crippen molar-refractivity contribution in [2.75, 3.05) is 12.4 Å². The van der Waals surface area contributed by atoms with Crippen molar-refractivity contribution < 1.29 is 4.74 Å². The summed E-state index contributed by atoms with van der Waals surface area (Å²) in [6.45, 7) is 3.53. The molecule has 3 heteroatoms. The lowest BCUT2D eigenvalue weighted by atomic mass is 10.3. The smallest absolute Gasteiger partial charge is 0.119 e. The first-order valence-electron chi connectivity index (χ1n) is 3.58. The predicted molar refractivity (Wildman–Crippen MR) is 49.9 cm³/mol. The van der Waals surface area contributed by atoms with Gasteiger partial charge in [0, 0.05) is 5.69 Å². The van der Waals surface area contributed by atoms with E-state index in [2.05, 4.69) is 11.9 Å². The van der Waals surface area contributed by atoms with Gasteiger partial charge >= 0.3 is 0 Å². The van der Waals surface area contributed by atoms with Crippen LogP contribution in [0.5, 0.6) is 5.75 Å². The highest BCUT2D eigenvalue weighted by Crippen LogP contribution is 2.15. The number of rotatable bonds is 3. The molecule has 0 saturated carbocycles. The summed E-state index contributed by atoms with van der Waals surface area (Å²) in [5.74, 6) is 1.25. The fourth-order valence-electron chi connectivity index (χ4n) is 0.860. The molecule has 64 valence electrons. The van der Waals surface area contributed by atoms with Crippen LogP contribution in [0.3, 0.4) is 0 Å². The van der Waals surface area contributed by atoms with Gasteiger partial charge in [-0.25, -0.2) is 0 Å². The maximum Gasteiger partial charge on any atom is 0.119 e. The molecule has 0 aliphatic heterocycles. The van der Waals surface area contributed by atoms with E-state index in [4.69, 9.17) is 10.5 Å². The van der Waals surface area contributed by atoms with Crippen molar-refractivity contribution >= 4 is 5.69 Å². The quantitative estimate of drug-likeness (QED) is 0.712. The van der Waals surface area contributed by atoms with Gasteiger partial charge in [-0.1, -0.05) is 6.58 Å². The zero-order valence-electron chi connectivity index (χ0n) is 7.00. The largest absolute Gasteiger partial charge is 0.497 e.